The summed E-state index contributed by atoms with van der Waals surface area (Å²) < 4.78 is 0. The number of rotatable bonds is 2. The summed E-state index contributed by atoms with van der Waals surface area (Å²) in [5, 5.41) is 1.04. The molecule has 13 heavy (non-hydrogen) atoms. The molecule has 0 bridgehead atoms. The summed E-state index contributed by atoms with van der Waals surface area (Å²) in [6.45, 7) is 0. The standard InChI is InChI=1S/C9H10Cl2N2/c10-7-3-8(11)13-4-6(7)9(12)5-1-2-5/h3-5,9H,1-2,12H2/t9-/m0/s1. The minimum absolute atomic E-state index is 0.0252. The highest BCUT2D eigenvalue weighted by Gasteiger charge is 2.30. The fourth-order valence-corrected chi connectivity index (χ4v) is 1.86. The van der Waals surface area contributed by atoms with Crippen molar-refractivity contribution in [3.8, 4) is 0 Å². The Balaban J connectivity index is 2.28. The van der Waals surface area contributed by atoms with Crippen LogP contribution in [0.3, 0.4) is 0 Å². The first kappa shape index (κ1) is 9.25. The van der Waals surface area contributed by atoms with E-state index in [1.54, 1.807) is 12.3 Å². The van der Waals surface area contributed by atoms with Gasteiger partial charge in [0.2, 0.25) is 0 Å². The molecule has 1 saturated carbocycles. The van der Waals surface area contributed by atoms with Gasteiger partial charge in [0, 0.05) is 22.8 Å². The van der Waals surface area contributed by atoms with Crippen molar-refractivity contribution in [3.63, 3.8) is 0 Å². The molecule has 1 aromatic rings. The summed E-state index contributed by atoms with van der Waals surface area (Å²) in [5.41, 5.74) is 6.89. The third-order valence-corrected chi connectivity index (χ3v) is 2.87. The largest absolute Gasteiger partial charge is 0.324 e. The number of hydrogen-bond acceptors (Lipinski definition) is 2. The van der Waals surface area contributed by atoms with Crippen molar-refractivity contribution in [2.45, 2.75) is 18.9 Å². The second-order valence-electron chi connectivity index (χ2n) is 3.39. The van der Waals surface area contributed by atoms with Gasteiger partial charge in [0.25, 0.3) is 0 Å². The molecule has 1 aliphatic rings. The van der Waals surface area contributed by atoms with Gasteiger partial charge in [-0.3, -0.25) is 0 Å². The Kier molecular flexibility index (Phi) is 2.45. The summed E-state index contributed by atoms with van der Waals surface area (Å²) in [7, 11) is 0. The van der Waals surface area contributed by atoms with Gasteiger partial charge in [0.1, 0.15) is 5.15 Å². The van der Waals surface area contributed by atoms with Crippen molar-refractivity contribution in [1.29, 1.82) is 0 Å². The minimum Gasteiger partial charge on any atom is -0.324 e. The third kappa shape index (κ3) is 1.96. The van der Waals surface area contributed by atoms with Crippen LogP contribution in [0.25, 0.3) is 0 Å². The molecule has 0 spiro atoms. The van der Waals surface area contributed by atoms with Crippen molar-refractivity contribution < 1.29 is 0 Å². The summed E-state index contributed by atoms with van der Waals surface area (Å²) >= 11 is 11.7. The van der Waals surface area contributed by atoms with E-state index in [2.05, 4.69) is 4.98 Å². The molecule has 0 saturated heterocycles. The van der Waals surface area contributed by atoms with Gasteiger partial charge in [-0.05, 0) is 24.8 Å². The van der Waals surface area contributed by atoms with E-state index < -0.39 is 0 Å². The van der Waals surface area contributed by atoms with E-state index in [4.69, 9.17) is 28.9 Å². The van der Waals surface area contributed by atoms with Crippen LogP contribution in [0.1, 0.15) is 24.4 Å². The maximum Gasteiger partial charge on any atom is 0.130 e. The minimum atomic E-state index is 0.0252. The fourth-order valence-electron chi connectivity index (χ4n) is 1.37. The normalized spacial score (nSPS) is 18.7. The van der Waals surface area contributed by atoms with Gasteiger partial charge in [-0.1, -0.05) is 23.2 Å². The lowest BCUT2D eigenvalue weighted by Gasteiger charge is -2.11. The maximum atomic E-state index is 5.99. The monoisotopic (exact) mass is 216 g/mol. The van der Waals surface area contributed by atoms with Crippen molar-refractivity contribution in [2.75, 3.05) is 0 Å². The van der Waals surface area contributed by atoms with Crippen LogP contribution in [0.5, 0.6) is 0 Å². The van der Waals surface area contributed by atoms with Crippen LogP contribution < -0.4 is 5.73 Å². The molecule has 0 amide bonds. The van der Waals surface area contributed by atoms with E-state index in [1.807, 2.05) is 0 Å². The maximum absolute atomic E-state index is 5.99. The molecule has 1 aromatic heterocycles. The molecule has 2 nitrogen and oxygen atoms in total. The van der Waals surface area contributed by atoms with E-state index in [-0.39, 0.29) is 6.04 Å². The Morgan fingerprint density at radius 1 is 1.46 bits per heavy atom. The second kappa shape index (κ2) is 3.45. The average Bonchev–Trinajstić information content (AvgIpc) is 2.85. The van der Waals surface area contributed by atoms with Gasteiger partial charge < -0.3 is 5.73 Å². The summed E-state index contributed by atoms with van der Waals surface area (Å²) in [6, 6.07) is 1.66. The van der Waals surface area contributed by atoms with Gasteiger partial charge in [-0.2, -0.15) is 0 Å². The van der Waals surface area contributed by atoms with Crippen LogP contribution in [0.2, 0.25) is 10.2 Å². The molecule has 1 atom stereocenters. The van der Waals surface area contributed by atoms with Crippen molar-refractivity contribution >= 4 is 23.2 Å². The molecule has 0 radical (unpaired) electrons. The molecule has 1 aliphatic carbocycles. The quantitative estimate of drug-likeness (QED) is 0.773. The lowest BCUT2D eigenvalue weighted by atomic mass is 10.1. The number of hydrogen-bond donors (Lipinski definition) is 1. The predicted molar refractivity (Wildman–Crippen MR) is 53.9 cm³/mol. The average molecular weight is 217 g/mol. The zero-order valence-corrected chi connectivity index (χ0v) is 8.52. The van der Waals surface area contributed by atoms with Crippen LogP contribution in [0.15, 0.2) is 12.3 Å². The summed E-state index contributed by atoms with van der Waals surface area (Å²) in [4.78, 5) is 3.97. The van der Waals surface area contributed by atoms with Gasteiger partial charge in [0.15, 0.2) is 0 Å². The second-order valence-corrected chi connectivity index (χ2v) is 4.19. The van der Waals surface area contributed by atoms with Gasteiger partial charge in [-0.25, -0.2) is 4.98 Å². The lowest BCUT2D eigenvalue weighted by molar-refractivity contribution is 0.631. The Morgan fingerprint density at radius 2 is 2.15 bits per heavy atom. The van der Waals surface area contributed by atoms with E-state index in [9.17, 15) is 0 Å². The van der Waals surface area contributed by atoms with Gasteiger partial charge >= 0.3 is 0 Å². The molecule has 0 aliphatic heterocycles. The first-order valence-corrected chi connectivity index (χ1v) is 5.00. The first-order chi connectivity index (χ1) is 6.18. The Labute approximate surface area is 87.1 Å². The van der Waals surface area contributed by atoms with Crippen LogP contribution in [-0.2, 0) is 0 Å². The zero-order valence-electron chi connectivity index (χ0n) is 7.00. The highest BCUT2D eigenvalue weighted by Crippen LogP contribution is 2.41. The Hall–Kier alpha value is -0.310. The van der Waals surface area contributed by atoms with E-state index in [1.165, 1.54) is 12.8 Å². The van der Waals surface area contributed by atoms with Gasteiger partial charge in [0.05, 0.1) is 0 Å². The zero-order chi connectivity index (χ0) is 9.42. The van der Waals surface area contributed by atoms with E-state index in [0.29, 0.717) is 16.1 Å². The van der Waals surface area contributed by atoms with Crippen molar-refractivity contribution in [3.05, 3.63) is 28.0 Å². The molecule has 0 aromatic carbocycles. The fraction of sp³-hybridized carbons (Fsp3) is 0.444. The van der Waals surface area contributed by atoms with Crippen LogP contribution in [-0.4, -0.2) is 4.98 Å². The molecule has 1 fully saturated rings. The highest BCUT2D eigenvalue weighted by atomic mass is 35.5. The third-order valence-electron chi connectivity index (χ3n) is 2.34. The smallest absolute Gasteiger partial charge is 0.130 e. The molecule has 4 heteroatoms. The number of pyridine rings is 1. The topological polar surface area (TPSA) is 38.9 Å². The van der Waals surface area contributed by atoms with Crippen LogP contribution in [0, 0.1) is 5.92 Å². The number of halogens is 2. The molecular formula is C9H10Cl2N2. The molecule has 2 N–H and O–H groups in total. The SMILES string of the molecule is N[C@H](c1cnc(Cl)cc1Cl)C1CC1. The molecule has 0 unspecified atom stereocenters. The Morgan fingerprint density at radius 3 is 2.69 bits per heavy atom. The summed E-state index contributed by atoms with van der Waals surface area (Å²) in [5.74, 6) is 0.584. The molecule has 70 valence electrons. The number of aromatic nitrogens is 1. The lowest BCUT2D eigenvalue weighted by Crippen LogP contribution is -2.13. The van der Waals surface area contributed by atoms with Crippen molar-refractivity contribution in [1.82, 2.24) is 4.98 Å². The Bertz CT molecular complexity index is 323. The summed E-state index contributed by atoms with van der Waals surface area (Å²) in [6.07, 6.45) is 4.06. The number of nitrogens with two attached hydrogens (primary N) is 1. The highest BCUT2D eigenvalue weighted by molar-refractivity contribution is 6.34. The predicted octanol–water partition coefficient (Wildman–Crippen LogP) is 2.80. The van der Waals surface area contributed by atoms with Crippen LogP contribution >= 0.6 is 23.2 Å². The molecular weight excluding hydrogens is 207 g/mol. The van der Waals surface area contributed by atoms with Gasteiger partial charge in [-0.15, -0.1) is 0 Å². The molecule has 2 rings (SSSR count). The van der Waals surface area contributed by atoms with E-state index >= 15 is 0 Å². The number of nitrogens with zero attached hydrogens (tertiary/aromatic N) is 1. The molecule has 1 heterocycles. The van der Waals surface area contributed by atoms with Crippen LogP contribution in [0.4, 0.5) is 0 Å². The van der Waals surface area contributed by atoms with E-state index in [0.717, 1.165) is 5.56 Å². The first-order valence-electron chi connectivity index (χ1n) is 4.25. The van der Waals surface area contributed by atoms with Crippen molar-refractivity contribution in [2.24, 2.45) is 11.7 Å².